The molecule has 40 heavy (non-hydrogen) atoms. The molecule has 0 bridgehead atoms. The number of pyridine rings is 1. The van der Waals surface area contributed by atoms with E-state index in [0.717, 1.165) is 24.2 Å². The lowest BCUT2D eigenvalue weighted by atomic mass is 9.89. The van der Waals surface area contributed by atoms with E-state index in [2.05, 4.69) is 145 Å². The topological polar surface area (TPSA) is 37.0 Å². The van der Waals surface area contributed by atoms with E-state index in [1.807, 2.05) is 0 Å². The van der Waals surface area contributed by atoms with Crippen molar-refractivity contribution < 1.29 is 0 Å². The maximum Gasteiger partial charge on any atom is 0.0759 e. The van der Waals surface area contributed by atoms with Gasteiger partial charge in [-0.1, -0.05) is 114 Å². The zero-order valence-corrected chi connectivity index (χ0v) is 25.8. The summed E-state index contributed by atoms with van der Waals surface area (Å²) in [5.41, 5.74) is 9.96. The summed E-state index contributed by atoms with van der Waals surface area (Å²) < 4.78 is 0. The van der Waals surface area contributed by atoms with Crippen molar-refractivity contribution in [3.05, 3.63) is 107 Å². The number of aryl methyl sites for hydroxylation is 1. The van der Waals surface area contributed by atoms with Gasteiger partial charge in [0.1, 0.15) is 0 Å². The molecule has 1 aromatic heterocycles. The lowest BCUT2D eigenvalue weighted by Crippen LogP contribution is -2.36. The molecule has 0 spiro atoms. The minimum atomic E-state index is -0.0304. The lowest BCUT2D eigenvalue weighted by molar-refractivity contribution is 0.428. The van der Waals surface area contributed by atoms with Crippen molar-refractivity contribution in [1.82, 2.24) is 10.3 Å². The predicted octanol–water partition coefficient (Wildman–Crippen LogP) is 9.48. The third kappa shape index (κ3) is 7.12. The highest BCUT2D eigenvalue weighted by Gasteiger charge is 2.25. The quantitative estimate of drug-likeness (QED) is 0.254. The highest BCUT2D eigenvalue weighted by atomic mass is 15.0. The van der Waals surface area contributed by atoms with Gasteiger partial charge in [-0.3, -0.25) is 10.3 Å². The van der Waals surface area contributed by atoms with Crippen LogP contribution in [0.4, 0.5) is 5.69 Å². The number of aromatic nitrogens is 1. The summed E-state index contributed by atoms with van der Waals surface area (Å²) in [4.78, 5) is 5.36. The van der Waals surface area contributed by atoms with Gasteiger partial charge in [0.05, 0.1) is 17.4 Å². The number of allylic oxidation sites excluding steroid dienone is 3. The van der Waals surface area contributed by atoms with Crippen LogP contribution in [0, 0.1) is 11.8 Å². The predicted molar refractivity (Wildman–Crippen MR) is 173 cm³/mol. The highest BCUT2D eigenvalue weighted by Crippen LogP contribution is 2.36. The fourth-order valence-corrected chi connectivity index (χ4v) is 5.46. The van der Waals surface area contributed by atoms with Gasteiger partial charge in [-0.25, -0.2) is 0 Å². The fraction of sp³-hybridized carbons (Fsp3) is 0.432. The SMILES string of the molecule is C/C(=C\C=C/C(NC(c1cccc(-c2cccc3c2NC(C)CC3)n1)c1ccccc1C(C)C)C(C)C)C(C)C. The summed E-state index contributed by atoms with van der Waals surface area (Å²) in [6.45, 7) is 18.1. The molecular weight excluding hydrogens is 486 g/mol. The maximum atomic E-state index is 5.36. The lowest BCUT2D eigenvalue weighted by Gasteiger charge is -2.29. The molecule has 2 aromatic carbocycles. The van der Waals surface area contributed by atoms with Gasteiger partial charge >= 0.3 is 0 Å². The van der Waals surface area contributed by atoms with Gasteiger partial charge in [0.15, 0.2) is 0 Å². The molecule has 4 rings (SSSR count). The maximum absolute atomic E-state index is 5.36. The van der Waals surface area contributed by atoms with E-state index >= 15 is 0 Å². The van der Waals surface area contributed by atoms with Gasteiger partial charge < -0.3 is 5.32 Å². The van der Waals surface area contributed by atoms with E-state index in [1.165, 1.54) is 33.5 Å². The fourth-order valence-electron chi connectivity index (χ4n) is 5.46. The first-order valence-electron chi connectivity index (χ1n) is 15.2. The Kier molecular flexibility index (Phi) is 10.0. The average molecular weight is 536 g/mol. The summed E-state index contributed by atoms with van der Waals surface area (Å²) in [6.07, 6.45) is 9.08. The van der Waals surface area contributed by atoms with Gasteiger partial charge in [0.2, 0.25) is 0 Å². The Labute approximate surface area is 243 Å². The van der Waals surface area contributed by atoms with Crippen LogP contribution >= 0.6 is 0 Å². The largest absolute Gasteiger partial charge is 0.382 e. The molecule has 3 unspecified atom stereocenters. The van der Waals surface area contributed by atoms with E-state index in [-0.39, 0.29) is 12.1 Å². The number of nitrogens with zero attached hydrogens (tertiary/aromatic N) is 1. The van der Waals surface area contributed by atoms with Crippen LogP contribution in [0.5, 0.6) is 0 Å². The van der Waals surface area contributed by atoms with Crippen LogP contribution in [0.15, 0.2) is 84.5 Å². The van der Waals surface area contributed by atoms with E-state index in [1.54, 1.807) is 0 Å². The Morgan fingerprint density at radius 3 is 2.35 bits per heavy atom. The molecule has 2 N–H and O–H groups in total. The van der Waals surface area contributed by atoms with Crippen molar-refractivity contribution >= 4 is 5.69 Å². The molecule has 0 saturated carbocycles. The first-order valence-corrected chi connectivity index (χ1v) is 15.2. The number of anilines is 1. The van der Waals surface area contributed by atoms with Crippen LogP contribution in [0.25, 0.3) is 11.3 Å². The average Bonchev–Trinajstić information content (AvgIpc) is 2.94. The zero-order chi connectivity index (χ0) is 28.8. The Morgan fingerprint density at radius 2 is 1.65 bits per heavy atom. The summed E-state index contributed by atoms with van der Waals surface area (Å²) in [5.74, 6) is 1.39. The van der Waals surface area contributed by atoms with E-state index in [4.69, 9.17) is 4.98 Å². The normalized spacial score (nSPS) is 17.4. The molecule has 0 saturated heterocycles. The molecule has 3 aromatic rings. The van der Waals surface area contributed by atoms with Crippen molar-refractivity contribution in [3.8, 4) is 11.3 Å². The van der Waals surface area contributed by atoms with Crippen molar-refractivity contribution in [2.75, 3.05) is 5.32 Å². The molecule has 3 heteroatoms. The van der Waals surface area contributed by atoms with Crippen LogP contribution in [-0.4, -0.2) is 17.1 Å². The number of nitrogens with one attached hydrogen (secondary N) is 2. The Hall–Kier alpha value is -3.17. The van der Waals surface area contributed by atoms with E-state index < -0.39 is 0 Å². The standard InChI is InChI=1S/C37H49N3/c1-24(2)27(7)14-11-19-33(26(5)6)40-37(31-17-10-9-16-30(31)25(3)4)35-21-13-20-34(39-35)32-18-12-15-29-23-22-28(8)38-36(29)32/h9-21,24-26,28,33,37-38,40H,22-23H2,1-8H3/b19-11-,27-14+. The second-order valence-electron chi connectivity index (χ2n) is 12.5. The second-order valence-corrected chi connectivity index (χ2v) is 12.5. The minimum Gasteiger partial charge on any atom is -0.382 e. The van der Waals surface area contributed by atoms with Crippen LogP contribution < -0.4 is 10.6 Å². The van der Waals surface area contributed by atoms with Gasteiger partial charge in [0.25, 0.3) is 0 Å². The molecule has 212 valence electrons. The van der Waals surface area contributed by atoms with E-state index in [0.29, 0.717) is 23.8 Å². The monoisotopic (exact) mass is 535 g/mol. The number of para-hydroxylation sites is 1. The van der Waals surface area contributed by atoms with Gasteiger partial charge in [0, 0.05) is 23.3 Å². The molecule has 3 nitrogen and oxygen atoms in total. The van der Waals surface area contributed by atoms with Crippen LogP contribution in [0.2, 0.25) is 0 Å². The zero-order valence-electron chi connectivity index (χ0n) is 25.8. The third-order valence-electron chi connectivity index (χ3n) is 8.33. The first-order chi connectivity index (χ1) is 19.2. The molecule has 0 radical (unpaired) electrons. The number of hydrogen-bond donors (Lipinski definition) is 2. The summed E-state index contributed by atoms with van der Waals surface area (Å²) in [7, 11) is 0. The van der Waals surface area contributed by atoms with Crippen molar-refractivity contribution in [1.29, 1.82) is 0 Å². The smallest absolute Gasteiger partial charge is 0.0759 e. The molecule has 0 fully saturated rings. The number of fused-ring (bicyclic) bond motifs is 1. The van der Waals surface area contributed by atoms with E-state index in [9.17, 15) is 0 Å². The van der Waals surface area contributed by atoms with Crippen LogP contribution in [0.3, 0.4) is 0 Å². The Balaban J connectivity index is 1.79. The molecule has 0 amide bonds. The van der Waals surface area contributed by atoms with Crippen molar-refractivity contribution in [2.45, 2.75) is 92.3 Å². The van der Waals surface area contributed by atoms with Crippen molar-refractivity contribution in [3.63, 3.8) is 0 Å². The number of hydrogen-bond acceptors (Lipinski definition) is 3. The summed E-state index contributed by atoms with van der Waals surface area (Å²) >= 11 is 0. The second kappa shape index (κ2) is 13.5. The third-order valence-corrected chi connectivity index (χ3v) is 8.33. The van der Waals surface area contributed by atoms with Crippen molar-refractivity contribution in [2.24, 2.45) is 11.8 Å². The Morgan fingerprint density at radius 1 is 0.925 bits per heavy atom. The molecule has 2 heterocycles. The molecule has 1 aliphatic rings. The van der Waals surface area contributed by atoms with Crippen LogP contribution in [0.1, 0.15) is 96.2 Å². The summed E-state index contributed by atoms with van der Waals surface area (Å²) in [5, 5.41) is 7.79. The number of rotatable bonds is 10. The van der Waals surface area contributed by atoms with Crippen LogP contribution in [-0.2, 0) is 6.42 Å². The van der Waals surface area contributed by atoms with Gasteiger partial charge in [-0.15, -0.1) is 0 Å². The van der Waals surface area contributed by atoms with Gasteiger partial charge in [-0.2, -0.15) is 0 Å². The first kappa shape index (κ1) is 29.8. The minimum absolute atomic E-state index is 0.0304. The van der Waals surface area contributed by atoms with Gasteiger partial charge in [-0.05, 0) is 73.3 Å². The number of benzene rings is 2. The molecular formula is C37H49N3. The molecule has 3 atom stereocenters. The highest BCUT2D eigenvalue weighted by molar-refractivity contribution is 5.79. The molecule has 0 aliphatic carbocycles. The molecule has 1 aliphatic heterocycles. The Bertz CT molecular complexity index is 1330. The summed E-state index contributed by atoms with van der Waals surface area (Å²) in [6, 6.07) is 22.6.